The number of carbonyl (C=O) groups is 1. The van der Waals surface area contributed by atoms with Crippen molar-refractivity contribution < 1.29 is 4.79 Å². The molecule has 0 aliphatic heterocycles. The summed E-state index contributed by atoms with van der Waals surface area (Å²) in [6.45, 7) is 0.356. The highest BCUT2D eigenvalue weighted by Crippen LogP contribution is 2.25. The summed E-state index contributed by atoms with van der Waals surface area (Å²) in [4.78, 5) is 20.7. The maximum atomic E-state index is 12.2. The molecule has 0 bridgehead atoms. The van der Waals surface area contributed by atoms with Gasteiger partial charge in [-0.25, -0.2) is 4.98 Å². The number of carbonyl (C=O) groups excluding carboxylic acids is 1. The van der Waals surface area contributed by atoms with Crippen LogP contribution >= 0.6 is 23.4 Å². The van der Waals surface area contributed by atoms with Crippen LogP contribution in [0.15, 0.2) is 66.0 Å². The van der Waals surface area contributed by atoms with Gasteiger partial charge in [0, 0.05) is 29.5 Å². The Hall–Kier alpha value is -2.88. The maximum Gasteiger partial charge on any atom is 0.230 e. The quantitative estimate of drug-likeness (QED) is 0.637. The fraction of sp³-hybridized carbons (Fsp3) is 0.100. The van der Waals surface area contributed by atoms with Crippen molar-refractivity contribution in [3.63, 3.8) is 0 Å². The van der Waals surface area contributed by atoms with Crippen molar-refractivity contribution in [1.82, 2.24) is 15.3 Å². The molecule has 0 aliphatic carbocycles. The molecule has 0 aliphatic rings. The lowest BCUT2D eigenvalue weighted by molar-refractivity contribution is -0.118. The van der Waals surface area contributed by atoms with Crippen LogP contribution in [0.25, 0.3) is 11.3 Å². The van der Waals surface area contributed by atoms with E-state index < -0.39 is 0 Å². The van der Waals surface area contributed by atoms with E-state index in [0.29, 0.717) is 22.2 Å². The van der Waals surface area contributed by atoms with Gasteiger partial charge in [0.1, 0.15) is 11.1 Å². The zero-order valence-corrected chi connectivity index (χ0v) is 15.8. The molecule has 0 radical (unpaired) electrons. The van der Waals surface area contributed by atoms with E-state index in [2.05, 4.69) is 21.4 Å². The number of nitrogens with one attached hydrogen (secondary N) is 1. The number of nitrogens with zero attached hydrogens (tertiary/aromatic N) is 3. The molecule has 7 heteroatoms. The number of amides is 1. The fourth-order valence-corrected chi connectivity index (χ4v) is 3.34. The first-order chi connectivity index (χ1) is 13.2. The second kappa shape index (κ2) is 9.17. The maximum absolute atomic E-state index is 12.2. The van der Waals surface area contributed by atoms with E-state index in [1.165, 1.54) is 11.8 Å². The van der Waals surface area contributed by atoms with Gasteiger partial charge in [0.2, 0.25) is 5.91 Å². The molecule has 0 atom stereocenters. The monoisotopic (exact) mass is 394 g/mol. The Morgan fingerprint density at radius 2 is 1.93 bits per heavy atom. The molecule has 3 aromatic rings. The summed E-state index contributed by atoms with van der Waals surface area (Å²) >= 11 is 7.32. The van der Waals surface area contributed by atoms with Crippen molar-refractivity contribution >= 4 is 29.3 Å². The van der Waals surface area contributed by atoms with Crippen molar-refractivity contribution in [2.24, 2.45) is 0 Å². The average Bonchev–Trinajstić information content (AvgIpc) is 2.72. The summed E-state index contributed by atoms with van der Waals surface area (Å²) in [7, 11) is 0. The Kier molecular flexibility index (Phi) is 6.42. The van der Waals surface area contributed by atoms with E-state index in [1.54, 1.807) is 30.6 Å². The molecule has 0 fully saturated rings. The third-order valence-corrected chi connectivity index (χ3v) is 5.09. The normalized spacial score (nSPS) is 10.2. The highest BCUT2D eigenvalue weighted by molar-refractivity contribution is 8.00. The van der Waals surface area contributed by atoms with Gasteiger partial charge in [-0.1, -0.05) is 41.6 Å². The lowest BCUT2D eigenvalue weighted by Gasteiger charge is -2.08. The highest BCUT2D eigenvalue weighted by atomic mass is 35.5. The molecular weight excluding hydrogens is 380 g/mol. The summed E-state index contributed by atoms with van der Waals surface area (Å²) in [5, 5.41) is 13.3. The first-order valence-corrected chi connectivity index (χ1v) is 9.48. The lowest BCUT2D eigenvalue weighted by Crippen LogP contribution is -2.24. The van der Waals surface area contributed by atoms with Crippen LogP contribution in [0.3, 0.4) is 0 Å². The van der Waals surface area contributed by atoms with Crippen LogP contribution in [0.4, 0.5) is 0 Å². The molecule has 27 heavy (non-hydrogen) atoms. The minimum atomic E-state index is -0.153. The third-order valence-electron chi connectivity index (χ3n) is 3.73. The SMILES string of the molecule is N#Cc1ccc(-c2ccncc2)nc1SCC(=O)NCc1ccccc1Cl. The topological polar surface area (TPSA) is 78.7 Å². The van der Waals surface area contributed by atoms with Crippen LogP contribution < -0.4 is 5.32 Å². The molecule has 134 valence electrons. The molecule has 3 rings (SSSR count). The summed E-state index contributed by atoms with van der Waals surface area (Å²) in [5.41, 5.74) is 2.93. The van der Waals surface area contributed by atoms with Gasteiger partial charge in [0.15, 0.2) is 0 Å². The molecule has 0 unspecified atom stereocenters. The standard InChI is InChI=1S/C20H15ClN4OS/c21-17-4-2-1-3-16(17)12-24-19(26)13-27-20-15(11-22)5-6-18(25-20)14-7-9-23-10-8-14/h1-10H,12-13H2,(H,24,26). The molecule has 0 saturated carbocycles. The lowest BCUT2D eigenvalue weighted by atomic mass is 10.1. The molecule has 0 spiro atoms. The predicted molar refractivity (Wildman–Crippen MR) is 106 cm³/mol. The van der Waals surface area contributed by atoms with Gasteiger partial charge in [-0.2, -0.15) is 5.26 Å². The number of benzene rings is 1. The van der Waals surface area contributed by atoms with E-state index in [1.807, 2.05) is 30.3 Å². The van der Waals surface area contributed by atoms with Gasteiger partial charge in [-0.3, -0.25) is 9.78 Å². The number of nitriles is 1. The zero-order valence-electron chi connectivity index (χ0n) is 14.2. The van der Waals surface area contributed by atoms with Gasteiger partial charge in [-0.05, 0) is 35.9 Å². The minimum Gasteiger partial charge on any atom is -0.351 e. The van der Waals surface area contributed by atoms with E-state index in [0.717, 1.165) is 16.8 Å². The van der Waals surface area contributed by atoms with Gasteiger partial charge in [0.05, 0.1) is 17.0 Å². The first kappa shape index (κ1) is 18.9. The van der Waals surface area contributed by atoms with E-state index in [-0.39, 0.29) is 11.7 Å². The smallest absolute Gasteiger partial charge is 0.230 e. The molecule has 2 aromatic heterocycles. The van der Waals surface area contributed by atoms with Crippen molar-refractivity contribution in [2.45, 2.75) is 11.6 Å². The number of hydrogen-bond donors (Lipinski definition) is 1. The van der Waals surface area contributed by atoms with Crippen molar-refractivity contribution in [1.29, 1.82) is 5.26 Å². The predicted octanol–water partition coefficient (Wildman–Crippen LogP) is 4.08. The minimum absolute atomic E-state index is 0.153. The van der Waals surface area contributed by atoms with Gasteiger partial charge in [0.25, 0.3) is 0 Å². The molecule has 0 saturated heterocycles. The van der Waals surface area contributed by atoms with Gasteiger partial charge in [-0.15, -0.1) is 0 Å². The van der Waals surface area contributed by atoms with E-state index in [9.17, 15) is 10.1 Å². The number of thioether (sulfide) groups is 1. The number of halogens is 1. The average molecular weight is 395 g/mol. The number of rotatable bonds is 6. The van der Waals surface area contributed by atoms with Crippen molar-refractivity contribution in [3.05, 3.63) is 77.1 Å². The highest BCUT2D eigenvalue weighted by Gasteiger charge is 2.11. The number of aromatic nitrogens is 2. The van der Waals surface area contributed by atoms with Crippen LogP contribution in [-0.2, 0) is 11.3 Å². The van der Waals surface area contributed by atoms with Crippen LogP contribution in [0.1, 0.15) is 11.1 Å². The number of pyridine rings is 2. The Balaban J connectivity index is 1.65. The van der Waals surface area contributed by atoms with Crippen LogP contribution in [0.2, 0.25) is 5.02 Å². The summed E-state index contributed by atoms with van der Waals surface area (Å²) in [5.74, 6) is 0.00581. The molecule has 1 N–H and O–H groups in total. The van der Waals surface area contributed by atoms with Gasteiger partial charge < -0.3 is 5.32 Å². The van der Waals surface area contributed by atoms with Crippen LogP contribution in [0.5, 0.6) is 0 Å². The van der Waals surface area contributed by atoms with Crippen LogP contribution in [-0.4, -0.2) is 21.6 Å². The van der Waals surface area contributed by atoms with E-state index in [4.69, 9.17) is 11.6 Å². The molecule has 2 heterocycles. The molecular formula is C20H15ClN4OS. The van der Waals surface area contributed by atoms with Gasteiger partial charge >= 0.3 is 0 Å². The van der Waals surface area contributed by atoms with Crippen molar-refractivity contribution in [3.8, 4) is 17.3 Å². The third kappa shape index (κ3) is 5.07. The number of hydrogen-bond acceptors (Lipinski definition) is 5. The molecule has 1 aromatic carbocycles. The van der Waals surface area contributed by atoms with Crippen molar-refractivity contribution in [2.75, 3.05) is 5.75 Å². The van der Waals surface area contributed by atoms with Crippen LogP contribution in [0, 0.1) is 11.3 Å². The Bertz CT molecular complexity index is 989. The Labute approximate surface area is 166 Å². The first-order valence-electron chi connectivity index (χ1n) is 8.12. The summed E-state index contributed by atoms with van der Waals surface area (Å²) in [6.07, 6.45) is 3.37. The van der Waals surface area contributed by atoms with E-state index >= 15 is 0 Å². The molecule has 5 nitrogen and oxygen atoms in total. The Morgan fingerprint density at radius 1 is 1.15 bits per heavy atom. The zero-order chi connectivity index (χ0) is 19.1. The second-order valence-corrected chi connectivity index (χ2v) is 6.92. The second-order valence-electron chi connectivity index (χ2n) is 5.55. The Morgan fingerprint density at radius 3 is 2.67 bits per heavy atom. The summed E-state index contributed by atoms with van der Waals surface area (Å²) in [6, 6.07) is 16.7. The molecule has 1 amide bonds. The fourth-order valence-electron chi connectivity index (χ4n) is 2.34. The summed E-state index contributed by atoms with van der Waals surface area (Å²) < 4.78 is 0. The largest absolute Gasteiger partial charge is 0.351 e.